The number of hydrogen-bond donors (Lipinski definition) is 1. The molecule has 2 N–H and O–H groups in total. The zero-order valence-electron chi connectivity index (χ0n) is 9.61. The van der Waals surface area contributed by atoms with Crippen LogP contribution in [0.4, 0.5) is 4.39 Å². The van der Waals surface area contributed by atoms with E-state index in [1.807, 2.05) is 37.3 Å². The van der Waals surface area contributed by atoms with E-state index in [2.05, 4.69) is 0 Å². The zero-order valence-corrected chi connectivity index (χ0v) is 10.4. The predicted molar refractivity (Wildman–Crippen MR) is 69.6 cm³/mol. The molecular formula is C14H14FNS. The summed E-state index contributed by atoms with van der Waals surface area (Å²) in [4.78, 5) is 2.21. The molecule has 3 heteroatoms. The van der Waals surface area contributed by atoms with Crippen LogP contribution in [-0.2, 0) is 6.54 Å². The Morgan fingerprint density at radius 3 is 2.41 bits per heavy atom. The molecule has 2 aromatic carbocycles. The quantitative estimate of drug-likeness (QED) is 0.894. The van der Waals surface area contributed by atoms with Crippen molar-refractivity contribution in [2.75, 3.05) is 0 Å². The molecular weight excluding hydrogens is 233 g/mol. The van der Waals surface area contributed by atoms with Gasteiger partial charge in [-0.2, -0.15) is 0 Å². The van der Waals surface area contributed by atoms with Gasteiger partial charge in [0.15, 0.2) is 0 Å². The van der Waals surface area contributed by atoms with Crippen molar-refractivity contribution in [3.05, 3.63) is 59.4 Å². The van der Waals surface area contributed by atoms with Crippen LogP contribution in [0.2, 0.25) is 0 Å². The third kappa shape index (κ3) is 3.08. The van der Waals surface area contributed by atoms with Gasteiger partial charge in [0.1, 0.15) is 5.82 Å². The van der Waals surface area contributed by atoms with Gasteiger partial charge in [-0.25, -0.2) is 4.39 Å². The van der Waals surface area contributed by atoms with Gasteiger partial charge in [-0.1, -0.05) is 23.9 Å². The Labute approximate surface area is 105 Å². The van der Waals surface area contributed by atoms with Crippen molar-refractivity contribution in [3.8, 4) is 0 Å². The lowest BCUT2D eigenvalue weighted by atomic mass is 10.2. The van der Waals surface area contributed by atoms with Crippen LogP contribution in [0.25, 0.3) is 0 Å². The molecule has 0 saturated carbocycles. The highest BCUT2D eigenvalue weighted by molar-refractivity contribution is 7.99. The van der Waals surface area contributed by atoms with E-state index in [-0.39, 0.29) is 5.82 Å². The Morgan fingerprint density at radius 1 is 1.12 bits per heavy atom. The summed E-state index contributed by atoms with van der Waals surface area (Å²) in [6.45, 7) is 2.47. The summed E-state index contributed by atoms with van der Waals surface area (Å²) < 4.78 is 13.0. The molecule has 0 aliphatic carbocycles. The van der Waals surface area contributed by atoms with Crippen LogP contribution in [0.15, 0.2) is 52.3 Å². The number of aryl methyl sites for hydroxylation is 1. The maximum atomic E-state index is 13.0. The molecule has 2 aromatic rings. The maximum absolute atomic E-state index is 13.0. The van der Waals surface area contributed by atoms with E-state index in [4.69, 9.17) is 5.73 Å². The molecule has 0 radical (unpaired) electrons. The van der Waals surface area contributed by atoms with Gasteiger partial charge in [-0.15, -0.1) is 0 Å². The van der Waals surface area contributed by atoms with E-state index >= 15 is 0 Å². The molecule has 88 valence electrons. The lowest BCUT2D eigenvalue weighted by Crippen LogP contribution is -1.94. The second-order valence-electron chi connectivity index (χ2n) is 3.86. The number of rotatable bonds is 3. The topological polar surface area (TPSA) is 26.0 Å². The van der Waals surface area contributed by atoms with Crippen LogP contribution < -0.4 is 5.73 Å². The van der Waals surface area contributed by atoms with Crippen molar-refractivity contribution in [1.29, 1.82) is 0 Å². The standard InChI is InChI=1S/C14H14FNS/c1-10-8-12(15)4-7-14(10)17-13-5-2-11(9-16)3-6-13/h2-8H,9,16H2,1H3. The SMILES string of the molecule is Cc1cc(F)ccc1Sc1ccc(CN)cc1. The van der Waals surface area contributed by atoms with Gasteiger partial charge < -0.3 is 5.73 Å². The first kappa shape index (κ1) is 12.1. The van der Waals surface area contributed by atoms with Crippen LogP contribution in [-0.4, -0.2) is 0 Å². The van der Waals surface area contributed by atoms with Crippen molar-refractivity contribution in [2.45, 2.75) is 23.3 Å². The molecule has 2 rings (SSSR count). The minimum absolute atomic E-state index is 0.190. The monoisotopic (exact) mass is 247 g/mol. The van der Waals surface area contributed by atoms with Gasteiger partial charge in [-0.3, -0.25) is 0 Å². The highest BCUT2D eigenvalue weighted by atomic mass is 32.2. The molecule has 0 aliphatic heterocycles. The zero-order chi connectivity index (χ0) is 12.3. The third-order valence-electron chi connectivity index (χ3n) is 2.52. The van der Waals surface area contributed by atoms with Crippen LogP contribution in [0.1, 0.15) is 11.1 Å². The van der Waals surface area contributed by atoms with E-state index in [0.717, 1.165) is 20.9 Å². The Bertz CT molecular complexity index is 508. The Morgan fingerprint density at radius 2 is 1.82 bits per heavy atom. The minimum atomic E-state index is -0.190. The molecule has 17 heavy (non-hydrogen) atoms. The number of halogens is 1. The highest BCUT2D eigenvalue weighted by Crippen LogP contribution is 2.30. The number of nitrogens with two attached hydrogens (primary N) is 1. The molecule has 0 aromatic heterocycles. The molecule has 0 spiro atoms. The lowest BCUT2D eigenvalue weighted by molar-refractivity contribution is 0.625. The van der Waals surface area contributed by atoms with Crippen LogP contribution in [0, 0.1) is 12.7 Å². The summed E-state index contributed by atoms with van der Waals surface area (Å²) in [6.07, 6.45) is 0. The van der Waals surface area contributed by atoms with Crippen molar-refractivity contribution in [3.63, 3.8) is 0 Å². The fourth-order valence-electron chi connectivity index (χ4n) is 1.55. The molecule has 0 atom stereocenters. The fourth-order valence-corrected chi connectivity index (χ4v) is 2.43. The maximum Gasteiger partial charge on any atom is 0.123 e. The molecule has 0 amide bonds. The number of benzene rings is 2. The lowest BCUT2D eigenvalue weighted by Gasteiger charge is -2.06. The number of hydrogen-bond acceptors (Lipinski definition) is 2. The molecule has 0 aliphatic rings. The second-order valence-corrected chi connectivity index (χ2v) is 4.98. The smallest absolute Gasteiger partial charge is 0.123 e. The summed E-state index contributed by atoms with van der Waals surface area (Å²) in [6, 6.07) is 13.0. The molecule has 0 heterocycles. The first-order valence-electron chi connectivity index (χ1n) is 5.42. The Hall–Kier alpha value is -1.32. The normalized spacial score (nSPS) is 10.5. The van der Waals surface area contributed by atoms with Crippen LogP contribution >= 0.6 is 11.8 Å². The first-order chi connectivity index (χ1) is 8.19. The summed E-state index contributed by atoms with van der Waals surface area (Å²) in [5, 5.41) is 0. The van der Waals surface area contributed by atoms with Gasteiger partial charge in [-0.05, 0) is 48.4 Å². The van der Waals surface area contributed by atoms with E-state index in [1.54, 1.807) is 17.8 Å². The summed E-state index contributed by atoms with van der Waals surface area (Å²) in [7, 11) is 0. The van der Waals surface area contributed by atoms with Gasteiger partial charge in [0, 0.05) is 16.3 Å². The molecule has 0 fully saturated rings. The van der Waals surface area contributed by atoms with E-state index in [9.17, 15) is 4.39 Å². The van der Waals surface area contributed by atoms with Gasteiger partial charge in [0.25, 0.3) is 0 Å². The fraction of sp³-hybridized carbons (Fsp3) is 0.143. The molecule has 0 unspecified atom stereocenters. The first-order valence-corrected chi connectivity index (χ1v) is 6.23. The van der Waals surface area contributed by atoms with E-state index in [1.165, 1.54) is 6.07 Å². The summed E-state index contributed by atoms with van der Waals surface area (Å²) >= 11 is 1.63. The summed E-state index contributed by atoms with van der Waals surface area (Å²) in [5.41, 5.74) is 7.62. The average Bonchev–Trinajstić information content (AvgIpc) is 2.34. The van der Waals surface area contributed by atoms with Gasteiger partial charge >= 0.3 is 0 Å². The van der Waals surface area contributed by atoms with Crippen molar-refractivity contribution >= 4 is 11.8 Å². The molecule has 0 bridgehead atoms. The highest BCUT2D eigenvalue weighted by Gasteiger charge is 2.02. The second kappa shape index (κ2) is 5.34. The Kier molecular flexibility index (Phi) is 3.82. The van der Waals surface area contributed by atoms with Gasteiger partial charge in [0.2, 0.25) is 0 Å². The Balaban J connectivity index is 2.19. The van der Waals surface area contributed by atoms with Crippen LogP contribution in [0.3, 0.4) is 0 Å². The van der Waals surface area contributed by atoms with Crippen LogP contribution in [0.5, 0.6) is 0 Å². The van der Waals surface area contributed by atoms with E-state index < -0.39 is 0 Å². The van der Waals surface area contributed by atoms with Crippen molar-refractivity contribution in [2.24, 2.45) is 5.73 Å². The van der Waals surface area contributed by atoms with E-state index in [0.29, 0.717) is 6.54 Å². The molecule has 0 saturated heterocycles. The predicted octanol–water partition coefficient (Wildman–Crippen LogP) is 3.74. The summed E-state index contributed by atoms with van der Waals surface area (Å²) in [5.74, 6) is -0.190. The minimum Gasteiger partial charge on any atom is -0.326 e. The average molecular weight is 247 g/mol. The molecule has 1 nitrogen and oxygen atoms in total. The van der Waals surface area contributed by atoms with Gasteiger partial charge in [0.05, 0.1) is 0 Å². The third-order valence-corrected chi connectivity index (χ3v) is 3.71. The van der Waals surface area contributed by atoms with Crippen molar-refractivity contribution < 1.29 is 4.39 Å². The largest absolute Gasteiger partial charge is 0.326 e. The van der Waals surface area contributed by atoms with Crippen molar-refractivity contribution in [1.82, 2.24) is 0 Å².